The fourth-order valence-electron chi connectivity index (χ4n) is 3.04. The molecule has 0 saturated heterocycles. The first-order chi connectivity index (χ1) is 15.5. The molecule has 8 nitrogen and oxygen atoms in total. The third kappa shape index (κ3) is 5.41. The molecule has 0 aliphatic heterocycles. The van der Waals surface area contributed by atoms with E-state index >= 15 is 0 Å². The Labute approximate surface area is 194 Å². The summed E-state index contributed by atoms with van der Waals surface area (Å²) in [6.45, 7) is 0.243. The van der Waals surface area contributed by atoms with Crippen molar-refractivity contribution in [2.45, 2.75) is 30.6 Å². The van der Waals surface area contributed by atoms with Crippen LogP contribution >= 0.6 is 23.4 Å². The van der Waals surface area contributed by atoms with Crippen LogP contribution in [0, 0.1) is 0 Å². The lowest BCUT2D eigenvalue weighted by molar-refractivity contribution is -0.113. The predicted molar refractivity (Wildman–Crippen MR) is 121 cm³/mol. The molecule has 1 saturated carbocycles. The van der Waals surface area contributed by atoms with Gasteiger partial charge in [-0.1, -0.05) is 35.5 Å². The van der Waals surface area contributed by atoms with Crippen molar-refractivity contribution in [3.8, 4) is 5.75 Å². The van der Waals surface area contributed by atoms with E-state index in [2.05, 4.69) is 20.3 Å². The van der Waals surface area contributed by atoms with Crippen LogP contribution in [0.3, 0.4) is 0 Å². The van der Waals surface area contributed by atoms with Gasteiger partial charge in [-0.2, -0.15) is 0 Å². The molecular formula is C22H21ClN4O4S. The number of methoxy groups -OCH3 is 1. The summed E-state index contributed by atoms with van der Waals surface area (Å²) in [5.74, 6) is 0.863. The highest BCUT2D eigenvalue weighted by molar-refractivity contribution is 7.99. The van der Waals surface area contributed by atoms with Crippen LogP contribution in [0.1, 0.15) is 35.1 Å². The van der Waals surface area contributed by atoms with Crippen molar-refractivity contribution in [3.05, 3.63) is 64.9 Å². The lowest BCUT2D eigenvalue weighted by Gasteiger charge is -2.11. The number of nitrogens with zero attached hydrogens (tertiary/aromatic N) is 3. The van der Waals surface area contributed by atoms with Crippen LogP contribution in [0.5, 0.6) is 5.75 Å². The van der Waals surface area contributed by atoms with Crippen LogP contribution in [-0.2, 0) is 16.1 Å². The average molecular weight is 473 g/mol. The van der Waals surface area contributed by atoms with Gasteiger partial charge in [-0.25, -0.2) is 4.79 Å². The second-order valence-corrected chi connectivity index (χ2v) is 8.47. The molecule has 1 aliphatic rings. The molecule has 3 aromatic rings. The minimum absolute atomic E-state index is 0.176. The second-order valence-electron chi connectivity index (χ2n) is 7.12. The fourth-order valence-corrected chi connectivity index (χ4v) is 4.06. The second kappa shape index (κ2) is 10.1. The number of anilines is 1. The number of halogens is 1. The molecule has 1 aromatic heterocycles. The number of ether oxygens (including phenoxy) is 2. The summed E-state index contributed by atoms with van der Waals surface area (Å²) < 4.78 is 12.5. The SMILES string of the molecule is COC(=O)c1ccc(NC(=O)CSc2nnc(COc3ccccc3Cl)n2C2CC2)cc1. The molecule has 1 fully saturated rings. The minimum atomic E-state index is -0.424. The number of thioether (sulfide) groups is 1. The summed E-state index contributed by atoms with van der Waals surface area (Å²) in [6, 6.07) is 14.1. The van der Waals surface area contributed by atoms with Gasteiger partial charge in [0, 0.05) is 11.7 Å². The van der Waals surface area contributed by atoms with E-state index in [0.29, 0.717) is 39.0 Å². The molecule has 1 heterocycles. The quantitative estimate of drug-likeness (QED) is 0.365. The first kappa shape index (κ1) is 22.2. The molecule has 0 spiro atoms. The summed E-state index contributed by atoms with van der Waals surface area (Å²) in [5, 5.41) is 12.6. The molecule has 0 radical (unpaired) electrons. The molecule has 1 amide bonds. The summed E-state index contributed by atoms with van der Waals surface area (Å²) in [4.78, 5) is 23.9. The van der Waals surface area contributed by atoms with Crippen LogP contribution in [0.2, 0.25) is 5.02 Å². The van der Waals surface area contributed by atoms with Gasteiger partial charge in [-0.05, 0) is 49.2 Å². The van der Waals surface area contributed by atoms with E-state index in [1.165, 1.54) is 18.9 Å². The number of benzene rings is 2. The molecule has 32 heavy (non-hydrogen) atoms. The molecule has 4 rings (SSSR count). The number of nitrogens with one attached hydrogen (secondary N) is 1. The van der Waals surface area contributed by atoms with Gasteiger partial charge in [0.1, 0.15) is 12.4 Å². The smallest absolute Gasteiger partial charge is 0.337 e. The minimum Gasteiger partial charge on any atom is -0.484 e. The van der Waals surface area contributed by atoms with Gasteiger partial charge in [0.25, 0.3) is 0 Å². The average Bonchev–Trinajstić information content (AvgIpc) is 3.57. The van der Waals surface area contributed by atoms with Gasteiger partial charge in [-0.15, -0.1) is 10.2 Å². The summed E-state index contributed by atoms with van der Waals surface area (Å²) in [5.41, 5.74) is 1.02. The summed E-state index contributed by atoms with van der Waals surface area (Å²) in [6.07, 6.45) is 2.09. The van der Waals surface area contributed by atoms with Crippen LogP contribution < -0.4 is 10.1 Å². The first-order valence-electron chi connectivity index (χ1n) is 9.97. The van der Waals surface area contributed by atoms with E-state index < -0.39 is 5.97 Å². The first-order valence-corrected chi connectivity index (χ1v) is 11.3. The Kier molecular flexibility index (Phi) is 6.96. The highest BCUT2D eigenvalue weighted by Crippen LogP contribution is 2.39. The van der Waals surface area contributed by atoms with Crippen molar-refractivity contribution in [2.24, 2.45) is 0 Å². The lowest BCUT2D eigenvalue weighted by atomic mass is 10.2. The third-order valence-electron chi connectivity index (χ3n) is 4.76. The van der Waals surface area contributed by atoms with Gasteiger partial charge < -0.3 is 14.8 Å². The number of esters is 1. The highest BCUT2D eigenvalue weighted by Gasteiger charge is 2.30. The maximum atomic E-state index is 12.4. The molecule has 0 atom stereocenters. The zero-order valence-electron chi connectivity index (χ0n) is 17.3. The predicted octanol–water partition coefficient (Wildman–Crippen LogP) is 4.36. The Morgan fingerprint density at radius 1 is 1.16 bits per heavy atom. The molecule has 2 aromatic carbocycles. The van der Waals surface area contributed by atoms with Crippen molar-refractivity contribution in [1.82, 2.24) is 14.8 Å². The van der Waals surface area contributed by atoms with E-state index in [1.807, 2.05) is 16.7 Å². The summed E-state index contributed by atoms with van der Waals surface area (Å²) in [7, 11) is 1.32. The fraction of sp³-hybridized carbons (Fsp3) is 0.273. The maximum Gasteiger partial charge on any atom is 0.337 e. The van der Waals surface area contributed by atoms with Crippen molar-refractivity contribution < 1.29 is 19.1 Å². The number of rotatable bonds is 9. The number of hydrogen-bond donors (Lipinski definition) is 1. The molecular weight excluding hydrogens is 452 g/mol. The Morgan fingerprint density at radius 3 is 2.59 bits per heavy atom. The van der Waals surface area contributed by atoms with Crippen molar-refractivity contribution >= 4 is 40.9 Å². The van der Waals surface area contributed by atoms with Crippen molar-refractivity contribution in [1.29, 1.82) is 0 Å². The monoisotopic (exact) mass is 472 g/mol. The molecule has 1 aliphatic carbocycles. The van der Waals surface area contributed by atoms with Gasteiger partial charge in [-0.3, -0.25) is 9.36 Å². The van der Waals surface area contributed by atoms with E-state index in [9.17, 15) is 9.59 Å². The zero-order chi connectivity index (χ0) is 22.5. The topological polar surface area (TPSA) is 95.3 Å². The van der Waals surface area contributed by atoms with E-state index in [-0.39, 0.29) is 18.3 Å². The van der Waals surface area contributed by atoms with Crippen molar-refractivity contribution in [3.63, 3.8) is 0 Å². The Hall–Kier alpha value is -3.04. The van der Waals surface area contributed by atoms with Crippen molar-refractivity contribution in [2.75, 3.05) is 18.2 Å². The number of amides is 1. The van der Waals surface area contributed by atoms with E-state index in [4.69, 9.17) is 16.3 Å². The Balaban J connectivity index is 1.35. The summed E-state index contributed by atoms with van der Waals surface area (Å²) >= 11 is 7.48. The highest BCUT2D eigenvalue weighted by atomic mass is 35.5. The number of aromatic nitrogens is 3. The maximum absolute atomic E-state index is 12.4. The molecule has 1 N–H and O–H groups in total. The number of para-hydroxylation sites is 1. The number of carbonyl (C=O) groups is 2. The normalized spacial score (nSPS) is 12.9. The van der Waals surface area contributed by atoms with Gasteiger partial charge in [0.05, 0.1) is 23.4 Å². The Bertz CT molecular complexity index is 1120. The number of hydrogen-bond acceptors (Lipinski definition) is 7. The van der Waals surface area contributed by atoms with E-state index in [1.54, 1.807) is 36.4 Å². The molecule has 0 bridgehead atoms. The molecule has 10 heteroatoms. The molecule has 166 valence electrons. The van der Waals surface area contributed by atoms with Crippen LogP contribution in [0.25, 0.3) is 0 Å². The third-order valence-corrected chi connectivity index (χ3v) is 6.02. The standard InChI is InChI=1S/C22H21ClN4O4S/c1-30-21(29)14-6-8-15(9-7-14)24-20(28)13-32-22-26-25-19(27(22)16-10-11-16)12-31-18-5-3-2-4-17(18)23/h2-9,16H,10-13H2,1H3,(H,24,28). The van der Waals surface area contributed by atoms with E-state index in [0.717, 1.165) is 12.8 Å². The lowest BCUT2D eigenvalue weighted by Crippen LogP contribution is -2.15. The molecule has 0 unspecified atom stereocenters. The van der Waals surface area contributed by atoms with Crippen LogP contribution in [0.4, 0.5) is 5.69 Å². The van der Waals surface area contributed by atoms with Crippen LogP contribution in [0.15, 0.2) is 53.7 Å². The Morgan fingerprint density at radius 2 is 1.91 bits per heavy atom. The van der Waals surface area contributed by atoms with Crippen LogP contribution in [-0.4, -0.2) is 39.5 Å². The largest absolute Gasteiger partial charge is 0.484 e. The zero-order valence-corrected chi connectivity index (χ0v) is 18.9. The van der Waals surface area contributed by atoms with Gasteiger partial charge >= 0.3 is 5.97 Å². The van der Waals surface area contributed by atoms with Gasteiger partial charge in [0.15, 0.2) is 11.0 Å². The number of carbonyl (C=O) groups excluding carboxylic acids is 2. The van der Waals surface area contributed by atoms with Gasteiger partial charge in [0.2, 0.25) is 5.91 Å².